The minimum Gasteiger partial charge on any atom is -0.271 e. The Labute approximate surface area is 106 Å². The smallest absolute Gasteiger partial charge is 0.271 e. The molecule has 106 valence electrons. The molecule has 2 fully saturated rings. The summed E-state index contributed by atoms with van der Waals surface area (Å²) in [5.41, 5.74) is 2.67. The van der Waals surface area contributed by atoms with E-state index in [2.05, 4.69) is 5.43 Å². The molecule has 0 saturated heterocycles. The molecule has 3 N–H and O–H groups in total. The van der Waals surface area contributed by atoms with Crippen LogP contribution < -0.4 is 11.3 Å². The van der Waals surface area contributed by atoms with Gasteiger partial charge in [0.25, 0.3) is 0 Å². The highest BCUT2D eigenvalue weighted by Gasteiger charge is 2.48. The van der Waals surface area contributed by atoms with Crippen LogP contribution in [0.2, 0.25) is 0 Å². The number of halogens is 3. The quantitative estimate of drug-likeness (QED) is 0.603. The lowest BCUT2D eigenvalue weighted by molar-refractivity contribution is -0.200. The number of alkyl halides is 3. The summed E-state index contributed by atoms with van der Waals surface area (Å²) >= 11 is 0. The predicted octanol–water partition coefficient (Wildman–Crippen LogP) is 3.38. The van der Waals surface area contributed by atoms with E-state index in [-0.39, 0.29) is 18.4 Å². The zero-order chi connectivity index (χ0) is 13.2. The second-order valence-electron chi connectivity index (χ2n) is 5.90. The van der Waals surface area contributed by atoms with E-state index < -0.39 is 12.1 Å². The van der Waals surface area contributed by atoms with Gasteiger partial charge in [0.05, 0.1) is 5.92 Å². The number of hydrogen-bond acceptors (Lipinski definition) is 2. The van der Waals surface area contributed by atoms with Crippen LogP contribution in [0.4, 0.5) is 13.2 Å². The first-order chi connectivity index (χ1) is 8.52. The van der Waals surface area contributed by atoms with E-state index in [1.54, 1.807) is 0 Å². The van der Waals surface area contributed by atoms with Crippen molar-refractivity contribution in [2.24, 2.45) is 23.6 Å². The van der Waals surface area contributed by atoms with Crippen molar-refractivity contribution in [3.63, 3.8) is 0 Å². The normalized spacial score (nSPS) is 32.0. The van der Waals surface area contributed by atoms with E-state index >= 15 is 0 Å². The molecule has 2 aliphatic carbocycles. The number of hydrazine groups is 1. The van der Waals surface area contributed by atoms with Crippen molar-refractivity contribution in [1.29, 1.82) is 0 Å². The minimum absolute atomic E-state index is 0.165. The van der Waals surface area contributed by atoms with Gasteiger partial charge in [-0.2, -0.15) is 13.2 Å². The molecule has 0 aromatic rings. The van der Waals surface area contributed by atoms with Gasteiger partial charge in [0.2, 0.25) is 0 Å². The molecule has 5 heteroatoms. The largest absolute Gasteiger partial charge is 0.392 e. The zero-order valence-electron chi connectivity index (χ0n) is 10.7. The molecule has 0 bridgehead atoms. The first-order valence-corrected chi connectivity index (χ1v) is 7.05. The summed E-state index contributed by atoms with van der Waals surface area (Å²) in [4.78, 5) is 0. The van der Waals surface area contributed by atoms with Gasteiger partial charge in [-0.05, 0) is 31.1 Å². The van der Waals surface area contributed by atoms with Gasteiger partial charge in [-0.1, -0.05) is 32.1 Å². The monoisotopic (exact) mass is 264 g/mol. The van der Waals surface area contributed by atoms with Gasteiger partial charge in [0.1, 0.15) is 0 Å². The van der Waals surface area contributed by atoms with Crippen LogP contribution in [0.25, 0.3) is 0 Å². The molecular weight excluding hydrogens is 241 g/mol. The molecule has 3 atom stereocenters. The Kier molecular flexibility index (Phi) is 4.54. The average molecular weight is 264 g/mol. The fourth-order valence-corrected chi connectivity index (χ4v) is 3.50. The number of nitrogens with one attached hydrogen (secondary N) is 1. The van der Waals surface area contributed by atoms with Gasteiger partial charge >= 0.3 is 6.18 Å². The summed E-state index contributed by atoms with van der Waals surface area (Å²) in [6, 6.07) is -0.165. The van der Waals surface area contributed by atoms with Crippen molar-refractivity contribution in [3.05, 3.63) is 0 Å². The summed E-state index contributed by atoms with van der Waals surface area (Å²) < 4.78 is 39.2. The van der Waals surface area contributed by atoms with Gasteiger partial charge in [0.15, 0.2) is 0 Å². The molecule has 0 spiro atoms. The summed E-state index contributed by atoms with van der Waals surface area (Å²) in [6.45, 7) is 0. The van der Waals surface area contributed by atoms with Gasteiger partial charge in [0, 0.05) is 6.04 Å². The van der Waals surface area contributed by atoms with E-state index in [0.29, 0.717) is 18.8 Å². The fourth-order valence-electron chi connectivity index (χ4n) is 3.50. The molecule has 0 heterocycles. The van der Waals surface area contributed by atoms with Gasteiger partial charge in [-0.25, -0.2) is 0 Å². The summed E-state index contributed by atoms with van der Waals surface area (Å²) in [5.74, 6) is 4.61. The summed E-state index contributed by atoms with van der Waals surface area (Å²) in [5, 5.41) is 0. The lowest BCUT2D eigenvalue weighted by atomic mass is 9.70. The van der Waals surface area contributed by atoms with Crippen LogP contribution in [0, 0.1) is 17.8 Å². The van der Waals surface area contributed by atoms with Crippen LogP contribution in [-0.4, -0.2) is 12.2 Å². The average Bonchev–Trinajstić information content (AvgIpc) is 2.27. The van der Waals surface area contributed by atoms with Crippen molar-refractivity contribution in [3.8, 4) is 0 Å². The number of rotatable bonds is 4. The van der Waals surface area contributed by atoms with Crippen LogP contribution in [0.15, 0.2) is 0 Å². The first kappa shape index (κ1) is 14.1. The predicted molar refractivity (Wildman–Crippen MR) is 64.6 cm³/mol. The molecule has 0 amide bonds. The van der Waals surface area contributed by atoms with Crippen molar-refractivity contribution >= 4 is 0 Å². The molecule has 0 aromatic carbocycles. The van der Waals surface area contributed by atoms with Crippen LogP contribution >= 0.6 is 0 Å². The highest BCUT2D eigenvalue weighted by atomic mass is 19.4. The zero-order valence-corrected chi connectivity index (χ0v) is 10.7. The SMILES string of the molecule is NNC(CC1CCC1)C1CCCCC1C(F)(F)F. The third-order valence-electron chi connectivity index (χ3n) is 4.78. The van der Waals surface area contributed by atoms with E-state index in [9.17, 15) is 13.2 Å². The van der Waals surface area contributed by atoms with Crippen molar-refractivity contribution < 1.29 is 13.2 Å². The van der Waals surface area contributed by atoms with Crippen molar-refractivity contribution in [2.75, 3.05) is 0 Å². The molecule has 2 aliphatic rings. The number of nitrogens with two attached hydrogens (primary N) is 1. The maximum absolute atomic E-state index is 13.1. The molecule has 18 heavy (non-hydrogen) atoms. The molecule has 0 radical (unpaired) electrons. The van der Waals surface area contributed by atoms with Gasteiger partial charge < -0.3 is 0 Å². The van der Waals surface area contributed by atoms with Crippen molar-refractivity contribution in [2.45, 2.75) is 63.6 Å². The van der Waals surface area contributed by atoms with Crippen LogP contribution in [0.3, 0.4) is 0 Å². The minimum atomic E-state index is -4.07. The van der Waals surface area contributed by atoms with Crippen LogP contribution in [0.1, 0.15) is 51.4 Å². The van der Waals surface area contributed by atoms with E-state index in [4.69, 9.17) is 5.84 Å². The molecule has 0 aromatic heterocycles. The third kappa shape index (κ3) is 3.18. The standard InChI is InChI=1S/C13H23F3N2/c14-13(15,16)11-7-2-1-6-10(11)12(18-17)8-9-4-3-5-9/h9-12,18H,1-8,17H2. The Morgan fingerprint density at radius 2 is 1.72 bits per heavy atom. The number of hydrogen-bond donors (Lipinski definition) is 2. The third-order valence-corrected chi connectivity index (χ3v) is 4.78. The second-order valence-corrected chi connectivity index (χ2v) is 5.90. The van der Waals surface area contributed by atoms with Crippen LogP contribution in [-0.2, 0) is 0 Å². The Morgan fingerprint density at radius 3 is 2.22 bits per heavy atom. The molecule has 2 rings (SSSR count). The molecule has 3 unspecified atom stereocenters. The second kappa shape index (κ2) is 5.78. The summed E-state index contributed by atoms with van der Waals surface area (Å²) in [7, 11) is 0. The Morgan fingerprint density at radius 1 is 1.06 bits per heavy atom. The summed E-state index contributed by atoms with van der Waals surface area (Å²) in [6.07, 6.45) is 2.80. The Balaban J connectivity index is 2.00. The maximum atomic E-state index is 13.1. The first-order valence-electron chi connectivity index (χ1n) is 7.05. The van der Waals surface area contributed by atoms with E-state index in [1.165, 1.54) is 6.42 Å². The fraction of sp³-hybridized carbons (Fsp3) is 1.00. The van der Waals surface area contributed by atoms with Crippen LogP contribution in [0.5, 0.6) is 0 Å². The highest BCUT2D eigenvalue weighted by Crippen LogP contribution is 2.44. The van der Waals surface area contributed by atoms with Gasteiger partial charge in [-0.3, -0.25) is 11.3 Å². The maximum Gasteiger partial charge on any atom is 0.392 e. The lowest BCUT2D eigenvalue weighted by Crippen LogP contribution is -2.49. The lowest BCUT2D eigenvalue weighted by Gasteiger charge is -2.40. The molecule has 0 aliphatic heterocycles. The molecule has 2 saturated carbocycles. The van der Waals surface area contributed by atoms with Gasteiger partial charge in [-0.15, -0.1) is 0 Å². The van der Waals surface area contributed by atoms with E-state index in [1.807, 2.05) is 0 Å². The Hall–Kier alpha value is -0.290. The van der Waals surface area contributed by atoms with E-state index in [0.717, 1.165) is 25.7 Å². The van der Waals surface area contributed by atoms with Crippen molar-refractivity contribution in [1.82, 2.24) is 5.43 Å². The highest BCUT2D eigenvalue weighted by molar-refractivity contribution is 4.89. The Bertz CT molecular complexity index is 263. The molecular formula is C13H23F3N2. The molecule has 2 nitrogen and oxygen atoms in total. The topological polar surface area (TPSA) is 38.0 Å².